The predicted molar refractivity (Wildman–Crippen MR) is 55.5 cm³/mol. The highest BCUT2D eigenvalue weighted by atomic mass is 15.0. The van der Waals surface area contributed by atoms with Gasteiger partial charge in [-0.05, 0) is 50.1 Å². The Balaban J connectivity index is 1.68. The fourth-order valence-corrected chi connectivity index (χ4v) is 2.60. The van der Waals surface area contributed by atoms with E-state index < -0.39 is 0 Å². The standard InChI is InChI=1S/C11H22N2/c1-8-5-11(8)13-7-10-4-2-3-9(10)6-12/h8-11,13H,2-7,12H2,1H3. The van der Waals surface area contributed by atoms with Crippen molar-refractivity contribution in [2.75, 3.05) is 13.1 Å². The van der Waals surface area contributed by atoms with Crippen molar-refractivity contribution in [1.29, 1.82) is 0 Å². The molecule has 2 rings (SSSR count). The third kappa shape index (κ3) is 2.23. The molecule has 0 radical (unpaired) electrons. The minimum absolute atomic E-state index is 0.807. The molecule has 2 aliphatic rings. The molecule has 4 unspecified atom stereocenters. The minimum Gasteiger partial charge on any atom is -0.330 e. The van der Waals surface area contributed by atoms with E-state index in [2.05, 4.69) is 12.2 Å². The zero-order valence-corrected chi connectivity index (χ0v) is 8.63. The number of nitrogens with one attached hydrogen (secondary N) is 1. The van der Waals surface area contributed by atoms with Crippen LogP contribution in [0.4, 0.5) is 0 Å². The topological polar surface area (TPSA) is 38.0 Å². The molecular formula is C11H22N2. The third-order valence-corrected chi connectivity index (χ3v) is 3.87. The van der Waals surface area contributed by atoms with Crippen LogP contribution in [0.1, 0.15) is 32.6 Å². The van der Waals surface area contributed by atoms with Gasteiger partial charge in [0.2, 0.25) is 0 Å². The van der Waals surface area contributed by atoms with Crippen LogP contribution in [0.2, 0.25) is 0 Å². The monoisotopic (exact) mass is 182 g/mol. The zero-order chi connectivity index (χ0) is 9.26. The predicted octanol–water partition coefficient (Wildman–Crippen LogP) is 1.36. The molecule has 0 bridgehead atoms. The Morgan fingerprint density at radius 2 is 2.00 bits per heavy atom. The summed E-state index contributed by atoms with van der Waals surface area (Å²) in [7, 11) is 0. The maximum absolute atomic E-state index is 5.75. The fourth-order valence-electron chi connectivity index (χ4n) is 2.60. The van der Waals surface area contributed by atoms with E-state index in [1.165, 1.54) is 32.2 Å². The van der Waals surface area contributed by atoms with Gasteiger partial charge in [-0.3, -0.25) is 0 Å². The van der Waals surface area contributed by atoms with Gasteiger partial charge in [0.1, 0.15) is 0 Å². The molecule has 3 N–H and O–H groups in total. The average molecular weight is 182 g/mol. The molecule has 0 aromatic rings. The van der Waals surface area contributed by atoms with E-state index in [-0.39, 0.29) is 0 Å². The Labute approximate surface area is 81.3 Å². The lowest BCUT2D eigenvalue weighted by molar-refractivity contribution is 0.371. The van der Waals surface area contributed by atoms with Gasteiger partial charge in [-0.15, -0.1) is 0 Å². The first kappa shape index (κ1) is 9.47. The summed E-state index contributed by atoms with van der Waals surface area (Å²) in [5.74, 6) is 2.61. The lowest BCUT2D eigenvalue weighted by Crippen LogP contribution is -2.30. The highest BCUT2D eigenvalue weighted by molar-refractivity contribution is 4.91. The summed E-state index contributed by atoms with van der Waals surface area (Å²) in [5.41, 5.74) is 5.75. The molecule has 0 aliphatic heterocycles. The molecule has 0 heterocycles. The summed E-state index contributed by atoms with van der Waals surface area (Å²) in [6, 6.07) is 0.832. The number of hydrogen-bond acceptors (Lipinski definition) is 2. The van der Waals surface area contributed by atoms with Crippen LogP contribution >= 0.6 is 0 Å². The molecule has 2 nitrogen and oxygen atoms in total. The third-order valence-electron chi connectivity index (χ3n) is 3.87. The van der Waals surface area contributed by atoms with Crippen molar-refractivity contribution < 1.29 is 0 Å². The van der Waals surface area contributed by atoms with Gasteiger partial charge in [-0.1, -0.05) is 13.3 Å². The van der Waals surface area contributed by atoms with Crippen molar-refractivity contribution in [3.63, 3.8) is 0 Å². The molecule has 0 amide bonds. The van der Waals surface area contributed by atoms with Crippen LogP contribution in [-0.2, 0) is 0 Å². The second-order valence-corrected chi connectivity index (χ2v) is 4.91. The van der Waals surface area contributed by atoms with Crippen LogP contribution in [0.5, 0.6) is 0 Å². The molecule has 2 heteroatoms. The van der Waals surface area contributed by atoms with Gasteiger partial charge in [0.15, 0.2) is 0 Å². The Hall–Kier alpha value is -0.0800. The first-order valence-corrected chi connectivity index (χ1v) is 5.74. The van der Waals surface area contributed by atoms with E-state index in [4.69, 9.17) is 5.73 Å². The zero-order valence-electron chi connectivity index (χ0n) is 8.63. The Kier molecular flexibility index (Phi) is 2.89. The second kappa shape index (κ2) is 3.97. The largest absolute Gasteiger partial charge is 0.330 e. The van der Waals surface area contributed by atoms with E-state index in [0.29, 0.717) is 0 Å². The highest BCUT2D eigenvalue weighted by Gasteiger charge is 2.34. The van der Waals surface area contributed by atoms with Crippen molar-refractivity contribution in [2.45, 2.75) is 38.6 Å². The van der Waals surface area contributed by atoms with E-state index in [0.717, 1.165) is 30.3 Å². The molecule has 0 saturated heterocycles. The second-order valence-electron chi connectivity index (χ2n) is 4.91. The summed E-state index contributed by atoms with van der Waals surface area (Å²) in [4.78, 5) is 0. The average Bonchev–Trinajstić information content (AvgIpc) is 2.68. The van der Waals surface area contributed by atoms with Crippen LogP contribution in [-0.4, -0.2) is 19.1 Å². The minimum atomic E-state index is 0.807. The van der Waals surface area contributed by atoms with Crippen LogP contribution in [0.15, 0.2) is 0 Å². The van der Waals surface area contributed by atoms with E-state index in [9.17, 15) is 0 Å². The lowest BCUT2D eigenvalue weighted by Gasteiger charge is -2.18. The van der Waals surface area contributed by atoms with Crippen LogP contribution < -0.4 is 11.1 Å². The lowest BCUT2D eigenvalue weighted by atomic mass is 9.96. The molecule has 2 saturated carbocycles. The van der Waals surface area contributed by atoms with Gasteiger partial charge in [-0.2, -0.15) is 0 Å². The van der Waals surface area contributed by atoms with Crippen molar-refractivity contribution >= 4 is 0 Å². The molecule has 0 aromatic carbocycles. The van der Waals surface area contributed by atoms with E-state index in [1.54, 1.807) is 0 Å². The summed E-state index contributed by atoms with van der Waals surface area (Å²) in [5, 5.41) is 3.66. The molecular weight excluding hydrogens is 160 g/mol. The maximum Gasteiger partial charge on any atom is 0.00965 e. The molecule has 2 fully saturated rings. The smallest absolute Gasteiger partial charge is 0.00965 e. The van der Waals surface area contributed by atoms with Gasteiger partial charge in [0, 0.05) is 6.04 Å². The first-order valence-electron chi connectivity index (χ1n) is 5.74. The van der Waals surface area contributed by atoms with Crippen LogP contribution in [0.3, 0.4) is 0 Å². The van der Waals surface area contributed by atoms with Crippen molar-refractivity contribution in [2.24, 2.45) is 23.5 Å². The van der Waals surface area contributed by atoms with Crippen LogP contribution in [0, 0.1) is 17.8 Å². The number of rotatable bonds is 4. The molecule has 0 aromatic heterocycles. The Morgan fingerprint density at radius 3 is 2.62 bits per heavy atom. The van der Waals surface area contributed by atoms with Gasteiger partial charge in [0.25, 0.3) is 0 Å². The van der Waals surface area contributed by atoms with Gasteiger partial charge >= 0.3 is 0 Å². The maximum atomic E-state index is 5.75. The SMILES string of the molecule is CC1CC1NCC1CCCC1CN. The quantitative estimate of drug-likeness (QED) is 0.689. The first-order chi connectivity index (χ1) is 6.31. The molecule has 76 valence electrons. The molecule has 2 aliphatic carbocycles. The summed E-state index contributed by atoms with van der Waals surface area (Å²) >= 11 is 0. The normalized spacial score (nSPS) is 43.8. The van der Waals surface area contributed by atoms with E-state index in [1.807, 2.05) is 0 Å². The molecule has 13 heavy (non-hydrogen) atoms. The highest BCUT2D eigenvalue weighted by Crippen LogP contribution is 2.33. The van der Waals surface area contributed by atoms with Crippen molar-refractivity contribution in [3.05, 3.63) is 0 Å². The number of nitrogens with two attached hydrogens (primary N) is 1. The Bertz CT molecular complexity index is 169. The number of hydrogen-bond donors (Lipinski definition) is 2. The summed E-state index contributed by atoms with van der Waals surface area (Å²) < 4.78 is 0. The summed E-state index contributed by atoms with van der Waals surface area (Å²) in [6.07, 6.45) is 5.55. The van der Waals surface area contributed by atoms with E-state index >= 15 is 0 Å². The van der Waals surface area contributed by atoms with Gasteiger partial charge in [-0.25, -0.2) is 0 Å². The van der Waals surface area contributed by atoms with Crippen molar-refractivity contribution in [1.82, 2.24) is 5.32 Å². The molecule has 4 atom stereocenters. The van der Waals surface area contributed by atoms with Crippen molar-refractivity contribution in [3.8, 4) is 0 Å². The molecule has 0 spiro atoms. The van der Waals surface area contributed by atoms with Gasteiger partial charge < -0.3 is 11.1 Å². The summed E-state index contributed by atoms with van der Waals surface area (Å²) in [6.45, 7) is 4.44. The van der Waals surface area contributed by atoms with Crippen LogP contribution in [0.25, 0.3) is 0 Å². The fraction of sp³-hybridized carbons (Fsp3) is 1.00. The van der Waals surface area contributed by atoms with Gasteiger partial charge in [0.05, 0.1) is 0 Å². The Morgan fingerprint density at radius 1 is 1.31 bits per heavy atom.